The minimum Gasteiger partial charge on any atom is -0.478 e. The van der Waals surface area contributed by atoms with E-state index in [4.69, 9.17) is 15.2 Å². The third-order valence-electron chi connectivity index (χ3n) is 7.88. The van der Waals surface area contributed by atoms with Gasteiger partial charge in [0, 0.05) is 23.4 Å². The van der Waals surface area contributed by atoms with Crippen LogP contribution in [-0.4, -0.2) is 50.1 Å². The number of sulfonamides is 1. The van der Waals surface area contributed by atoms with Gasteiger partial charge in [-0.15, -0.1) is 0 Å². The fourth-order valence-electron chi connectivity index (χ4n) is 5.25. The zero-order chi connectivity index (χ0) is 31.1. The van der Waals surface area contributed by atoms with Crippen molar-refractivity contribution in [1.82, 2.24) is 15.0 Å². The Hall–Kier alpha value is -3.54. The summed E-state index contributed by atoms with van der Waals surface area (Å²) in [4.78, 5) is 30.5. The third kappa shape index (κ3) is 8.31. The number of carbonyl (C=O) groups excluding carboxylic acids is 2. The molecule has 0 saturated heterocycles. The van der Waals surface area contributed by atoms with Gasteiger partial charge in [0.15, 0.2) is 0 Å². The van der Waals surface area contributed by atoms with Crippen LogP contribution in [0.1, 0.15) is 65.0 Å². The van der Waals surface area contributed by atoms with Crippen LogP contribution in [0.3, 0.4) is 0 Å². The molecule has 1 fully saturated rings. The highest BCUT2D eigenvalue weighted by Gasteiger charge is 2.33. The van der Waals surface area contributed by atoms with Crippen molar-refractivity contribution in [3.05, 3.63) is 66.2 Å². The molecule has 1 aliphatic rings. The molecular formula is C32H42N4O6S. The minimum atomic E-state index is -3.77. The Morgan fingerprint density at radius 3 is 2.35 bits per heavy atom. The summed E-state index contributed by atoms with van der Waals surface area (Å²) in [6.07, 6.45) is 1.44. The minimum absolute atomic E-state index is 0.0795. The Morgan fingerprint density at radius 2 is 1.70 bits per heavy atom. The van der Waals surface area contributed by atoms with Crippen LogP contribution in [0.4, 0.5) is 0 Å². The maximum Gasteiger partial charge on any atom is 0.323 e. The van der Waals surface area contributed by atoms with Crippen molar-refractivity contribution >= 4 is 32.8 Å². The van der Waals surface area contributed by atoms with Crippen LogP contribution in [0.5, 0.6) is 5.88 Å². The molecule has 10 nitrogen and oxygen atoms in total. The van der Waals surface area contributed by atoms with E-state index in [9.17, 15) is 18.0 Å². The van der Waals surface area contributed by atoms with E-state index in [0.717, 1.165) is 5.56 Å². The Bertz CT molecular complexity index is 1510. The molecule has 4 N–H and O–H groups in total. The first-order chi connectivity index (χ1) is 20.5. The summed E-state index contributed by atoms with van der Waals surface area (Å²) in [6.45, 7) is 7.81. The quantitative estimate of drug-likeness (QED) is 0.258. The smallest absolute Gasteiger partial charge is 0.323 e. The number of aromatic nitrogens is 1. The van der Waals surface area contributed by atoms with E-state index in [0.29, 0.717) is 49.1 Å². The normalized spacial score (nSPS) is 19.4. The summed E-state index contributed by atoms with van der Waals surface area (Å²) in [5.41, 5.74) is 7.45. The molecule has 0 spiro atoms. The molecule has 1 heterocycles. The summed E-state index contributed by atoms with van der Waals surface area (Å²) in [5.74, 6) is -0.545. The van der Waals surface area contributed by atoms with E-state index in [1.165, 1.54) is 6.07 Å². The van der Waals surface area contributed by atoms with E-state index >= 15 is 0 Å². The molecule has 0 aliphatic heterocycles. The lowest BCUT2D eigenvalue weighted by atomic mass is 9.85. The molecule has 0 radical (unpaired) electrons. The molecule has 1 aliphatic carbocycles. The number of rotatable bonds is 12. The average Bonchev–Trinajstić information content (AvgIpc) is 2.99. The third-order valence-corrected chi connectivity index (χ3v) is 9.39. The van der Waals surface area contributed by atoms with E-state index in [1.807, 2.05) is 51.1 Å². The highest BCUT2D eigenvalue weighted by atomic mass is 32.2. The van der Waals surface area contributed by atoms with Gasteiger partial charge in [0.05, 0.1) is 23.1 Å². The van der Waals surface area contributed by atoms with Gasteiger partial charge in [-0.25, -0.2) is 18.1 Å². The van der Waals surface area contributed by atoms with Gasteiger partial charge in [0.2, 0.25) is 21.8 Å². The van der Waals surface area contributed by atoms with Gasteiger partial charge in [0.1, 0.15) is 12.1 Å². The number of nitrogens with one attached hydrogen (secondary N) is 2. The first kappa shape index (κ1) is 32.4. The van der Waals surface area contributed by atoms with Crippen molar-refractivity contribution in [3.8, 4) is 5.88 Å². The van der Waals surface area contributed by atoms with Crippen LogP contribution in [0, 0.1) is 11.8 Å². The number of amides is 1. The van der Waals surface area contributed by atoms with Gasteiger partial charge in [0.25, 0.3) is 0 Å². The number of nitrogens with two attached hydrogens (primary N) is 1. The lowest BCUT2D eigenvalue weighted by Crippen LogP contribution is -2.45. The molecule has 1 saturated carbocycles. The fourth-order valence-corrected chi connectivity index (χ4v) is 6.59. The highest BCUT2D eigenvalue weighted by molar-refractivity contribution is 7.89. The summed E-state index contributed by atoms with van der Waals surface area (Å²) >= 11 is 0. The summed E-state index contributed by atoms with van der Waals surface area (Å²) in [5, 5.41) is 3.78. The van der Waals surface area contributed by atoms with E-state index in [-0.39, 0.29) is 28.7 Å². The average molecular weight is 611 g/mol. The Kier molecular flexibility index (Phi) is 10.8. The molecule has 0 unspecified atom stereocenters. The first-order valence-corrected chi connectivity index (χ1v) is 16.3. The standard InChI is InChI=1S/C32H42N4O6S/c1-5-41-28-18-13-24-19-26(16-17-27(24)34-28)43(39,40)36-25-14-11-23(12-15-25)31(37)35-30(22-9-7-6-8-10-22)21(4)42-32(38)29(33)20(2)3/h6-10,13,16-21,23,25,29-30,36H,5,11-12,14-15,33H2,1-4H3,(H,35,37)/t21-,23?,25?,29-,30+/m0/s1. The second-order valence-corrected chi connectivity index (χ2v) is 13.1. The SMILES string of the molecule is CCOc1ccc2cc(S(=O)(=O)NC3CCC(C(=O)N[C@@H](c4ccccc4)[C@H](C)OC(=O)[C@@H](N)C(C)C)CC3)ccc2n1. The van der Waals surface area contributed by atoms with Gasteiger partial charge >= 0.3 is 5.97 Å². The van der Waals surface area contributed by atoms with Crippen molar-refractivity contribution in [3.63, 3.8) is 0 Å². The molecule has 4 rings (SSSR count). The molecule has 1 aromatic heterocycles. The molecule has 2 aromatic carbocycles. The maximum atomic E-state index is 13.4. The zero-order valence-corrected chi connectivity index (χ0v) is 26.0. The van der Waals surface area contributed by atoms with Crippen LogP contribution in [-0.2, 0) is 24.3 Å². The number of carbonyl (C=O) groups is 2. The molecule has 43 heavy (non-hydrogen) atoms. The van der Waals surface area contributed by atoms with Crippen LogP contribution in [0.2, 0.25) is 0 Å². The maximum absolute atomic E-state index is 13.4. The fraction of sp³-hybridized carbons (Fsp3) is 0.469. The Labute approximate surface area is 253 Å². The van der Waals surface area contributed by atoms with Crippen LogP contribution >= 0.6 is 0 Å². The van der Waals surface area contributed by atoms with Crippen molar-refractivity contribution < 1.29 is 27.5 Å². The number of esters is 1. The van der Waals surface area contributed by atoms with Gasteiger partial charge < -0.3 is 20.5 Å². The topological polar surface area (TPSA) is 150 Å². The van der Waals surface area contributed by atoms with E-state index in [2.05, 4.69) is 15.0 Å². The van der Waals surface area contributed by atoms with Gasteiger partial charge in [-0.05, 0) is 75.3 Å². The Balaban J connectivity index is 1.37. The van der Waals surface area contributed by atoms with Gasteiger partial charge in [-0.2, -0.15) is 0 Å². The predicted molar refractivity (Wildman–Crippen MR) is 165 cm³/mol. The number of hydrogen-bond acceptors (Lipinski definition) is 8. The number of ether oxygens (including phenoxy) is 2. The number of nitrogens with zero attached hydrogens (tertiary/aromatic N) is 1. The number of fused-ring (bicyclic) bond motifs is 1. The molecule has 3 aromatic rings. The van der Waals surface area contributed by atoms with Gasteiger partial charge in [-0.3, -0.25) is 9.59 Å². The van der Waals surface area contributed by atoms with Crippen molar-refractivity contribution in [2.75, 3.05) is 6.61 Å². The lowest BCUT2D eigenvalue weighted by Gasteiger charge is -2.31. The zero-order valence-electron chi connectivity index (χ0n) is 25.2. The number of benzene rings is 2. The second-order valence-electron chi connectivity index (χ2n) is 11.4. The summed E-state index contributed by atoms with van der Waals surface area (Å²) in [6, 6.07) is 16.1. The van der Waals surface area contributed by atoms with Crippen LogP contribution < -0.4 is 20.5 Å². The second kappa shape index (κ2) is 14.3. The monoisotopic (exact) mass is 610 g/mol. The molecule has 232 valence electrons. The lowest BCUT2D eigenvalue weighted by molar-refractivity contribution is -0.153. The van der Waals surface area contributed by atoms with Crippen molar-refractivity contribution in [2.24, 2.45) is 17.6 Å². The largest absolute Gasteiger partial charge is 0.478 e. The van der Waals surface area contributed by atoms with Crippen molar-refractivity contribution in [1.29, 1.82) is 0 Å². The summed E-state index contributed by atoms with van der Waals surface area (Å²) in [7, 11) is -3.77. The van der Waals surface area contributed by atoms with Crippen LogP contribution in [0.15, 0.2) is 65.6 Å². The summed E-state index contributed by atoms with van der Waals surface area (Å²) < 4.78 is 40.3. The molecular weight excluding hydrogens is 568 g/mol. The number of hydrogen-bond donors (Lipinski definition) is 3. The molecule has 11 heteroatoms. The highest BCUT2D eigenvalue weighted by Crippen LogP contribution is 2.29. The first-order valence-electron chi connectivity index (χ1n) is 14.9. The molecule has 0 bridgehead atoms. The number of pyridine rings is 1. The van der Waals surface area contributed by atoms with Gasteiger partial charge in [-0.1, -0.05) is 44.2 Å². The Morgan fingerprint density at radius 1 is 1.00 bits per heavy atom. The van der Waals surface area contributed by atoms with E-state index in [1.54, 1.807) is 31.2 Å². The van der Waals surface area contributed by atoms with Crippen LogP contribution in [0.25, 0.3) is 10.9 Å². The predicted octanol–water partition coefficient (Wildman–Crippen LogP) is 4.24. The van der Waals surface area contributed by atoms with Crippen molar-refractivity contribution in [2.45, 2.75) is 82.5 Å². The molecule has 3 atom stereocenters. The van der Waals surface area contributed by atoms with E-state index < -0.39 is 34.2 Å². The molecule has 1 amide bonds.